The number of aromatic nitrogens is 6. The fourth-order valence-corrected chi connectivity index (χ4v) is 3.88. The number of nitrogens with zero attached hydrogens (tertiary/aromatic N) is 7. The molecule has 0 radical (unpaired) electrons. The number of rotatable bonds is 9. The quantitative estimate of drug-likeness (QED) is 0.529. The Morgan fingerprint density at radius 1 is 1.19 bits per heavy atom. The fourth-order valence-electron chi connectivity index (χ4n) is 3.71. The third kappa shape index (κ3) is 4.31. The number of fused-ring (bicyclic) bond motifs is 1. The van der Waals surface area contributed by atoms with Gasteiger partial charge in [0.15, 0.2) is 11.6 Å². The van der Waals surface area contributed by atoms with E-state index in [1.54, 1.807) is 21.7 Å². The smallest absolute Gasteiger partial charge is 0.330 e. The van der Waals surface area contributed by atoms with Crippen molar-refractivity contribution in [3.8, 4) is 5.75 Å². The van der Waals surface area contributed by atoms with Crippen LogP contribution in [0.15, 0.2) is 30.8 Å². The summed E-state index contributed by atoms with van der Waals surface area (Å²) in [5.74, 6) is 1.93. The molecule has 0 atom stereocenters. The Hall–Kier alpha value is -3.40. The highest BCUT2D eigenvalue weighted by Crippen LogP contribution is 2.34. The average Bonchev–Trinajstić information content (AvgIpc) is 3.40. The largest absolute Gasteiger partial charge is 0.496 e. The Morgan fingerprint density at radius 2 is 2.00 bits per heavy atom. The van der Waals surface area contributed by atoms with Gasteiger partial charge in [0.05, 0.1) is 19.4 Å². The van der Waals surface area contributed by atoms with Crippen LogP contribution in [0.4, 0.5) is 10.6 Å². The van der Waals surface area contributed by atoms with Crippen LogP contribution in [0.3, 0.4) is 0 Å². The average molecular weight is 457 g/mol. The molecule has 4 rings (SSSR count). The molecule has 0 aliphatic carbocycles. The predicted octanol–water partition coefficient (Wildman–Crippen LogP) is 3.36. The zero-order valence-corrected chi connectivity index (χ0v) is 18.8. The van der Waals surface area contributed by atoms with Crippen molar-refractivity contribution in [2.24, 2.45) is 0 Å². The van der Waals surface area contributed by atoms with E-state index in [1.165, 1.54) is 0 Å². The number of halogens is 1. The van der Waals surface area contributed by atoms with Gasteiger partial charge in [-0.15, -0.1) is 10.2 Å². The molecule has 1 aliphatic rings. The standard InChI is InChI=1S/C21H25ClN8O2/c1-4-10-29-19-18(23-20(22)24-19)14(2)28(21(29)31)11-7-12-30-26-17(25-27-30)13-15-8-5-6-9-16(15)32-3/h5-6,8-9H,2,4,7,10-13H2,1,3H3,(H,23,24). The van der Waals surface area contributed by atoms with Gasteiger partial charge in [0.25, 0.3) is 0 Å². The highest BCUT2D eigenvalue weighted by molar-refractivity contribution is 6.28. The molecular formula is C21H25ClN8O2. The number of aryl methyl sites for hydroxylation is 1. The fraction of sp³-hybridized carbons (Fsp3) is 0.381. The highest BCUT2D eigenvalue weighted by atomic mass is 35.5. The maximum absolute atomic E-state index is 13.0. The molecule has 0 bridgehead atoms. The summed E-state index contributed by atoms with van der Waals surface area (Å²) in [6.45, 7) is 7.60. The summed E-state index contributed by atoms with van der Waals surface area (Å²) >= 11 is 6.04. The molecule has 1 N–H and O–H groups in total. The van der Waals surface area contributed by atoms with Crippen molar-refractivity contribution in [3.63, 3.8) is 0 Å². The van der Waals surface area contributed by atoms with Crippen molar-refractivity contribution in [1.82, 2.24) is 35.1 Å². The van der Waals surface area contributed by atoms with Crippen molar-refractivity contribution < 1.29 is 9.53 Å². The van der Waals surface area contributed by atoms with Crippen LogP contribution in [0.25, 0.3) is 5.70 Å². The van der Waals surface area contributed by atoms with Gasteiger partial charge < -0.3 is 9.72 Å². The Balaban J connectivity index is 1.39. The van der Waals surface area contributed by atoms with Gasteiger partial charge in [0, 0.05) is 25.1 Å². The van der Waals surface area contributed by atoms with Gasteiger partial charge in [0.1, 0.15) is 11.4 Å². The summed E-state index contributed by atoms with van der Waals surface area (Å²) in [5.41, 5.74) is 2.22. The van der Waals surface area contributed by atoms with Crippen molar-refractivity contribution in [2.75, 3.05) is 25.1 Å². The predicted molar refractivity (Wildman–Crippen MR) is 121 cm³/mol. The van der Waals surface area contributed by atoms with Crippen molar-refractivity contribution in [2.45, 2.75) is 32.7 Å². The van der Waals surface area contributed by atoms with Crippen molar-refractivity contribution in [3.05, 3.63) is 53.2 Å². The summed E-state index contributed by atoms with van der Waals surface area (Å²) < 4.78 is 5.38. The van der Waals surface area contributed by atoms with E-state index in [4.69, 9.17) is 16.3 Å². The number of urea groups is 1. The highest BCUT2D eigenvalue weighted by Gasteiger charge is 2.35. The number of carbonyl (C=O) groups excluding carboxylic acids is 1. The number of tetrazole rings is 1. The first-order valence-corrected chi connectivity index (χ1v) is 10.8. The lowest BCUT2D eigenvalue weighted by molar-refractivity contribution is 0.221. The number of hydrogen-bond acceptors (Lipinski definition) is 6. The lowest BCUT2D eigenvalue weighted by Crippen LogP contribution is -2.47. The van der Waals surface area contributed by atoms with Gasteiger partial charge in [-0.2, -0.15) is 9.78 Å². The molecule has 2 aromatic heterocycles. The molecule has 2 amide bonds. The van der Waals surface area contributed by atoms with Crippen LogP contribution in [0.5, 0.6) is 5.75 Å². The third-order valence-corrected chi connectivity index (χ3v) is 5.39. The van der Waals surface area contributed by atoms with Gasteiger partial charge in [-0.25, -0.2) is 4.79 Å². The lowest BCUT2D eigenvalue weighted by Gasteiger charge is -2.35. The second-order valence-corrected chi connectivity index (χ2v) is 7.76. The molecule has 11 heteroatoms. The first-order valence-electron chi connectivity index (χ1n) is 10.4. The van der Waals surface area contributed by atoms with Crippen molar-refractivity contribution in [1.29, 1.82) is 0 Å². The van der Waals surface area contributed by atoms with Crippen molar-refractivity contribution >= 4 is 29.1 Å². The van der Waals surface area contributed by atoms with E-state index in [1.807, 2.05) is 31.2 Å². The number of carbonyl (C=O) groups is 1. The van der Waals surface area contributed by atoms with Crippen LogP contribution in [0.1, 0.15) is 36.8 Å². The van der Waals surface area contributed by atoms with Crippen LogP contribution in [-0.4, -0.2) is 61.3 Å². The monoisotopic (exact) mass is 456 g/mol. The molecule has 0 unspecified atom stereocenters. The number of aromatic amines is 1. The summed E-state index contributed by atoms with van der Waals surface area (Å²) in [5, 5.41) is 13.0. The van der Waals surface area contributed by atoms with E-state index in [9.17, 15) is 4.79 Å². The molecule has 1 aliphatic heterocycles. The van der Waals surface area contributed by atoms with Crippen LogP contribution in [0.2, 0.25) is 5.28 Å². The number of ether oxygens (including phenoxy) is 1. The van der Waals surface area contributed by atoms with Crippen LogP contribution < -0.4 is 9.64 Å². The summed E-state index contributed by atoms with van der Waals surface area (Å²) in [7, 11) is 1.64. The number of amides is 2. The minimum atomic E-state index is -0.157. The number of benzene rings is 1. The summed E-state index contributed by atoms with van der Waals surface area (Å²) in [6.07, 6.45) is 1.96. The molecule has 3 aromatic rings. The molecule has 168 valence electrons. The number of hydrogen-bond donors (Lipinski definition) is 1. The zero-order chi connectivity index (χ0) is 22.7. The lowest BCUT2D eigenvalue weighted by atomic mass is 10.1. The van der Waals surface area contributed by atoms with Crippen LogP contribution >= 0.6 is 11.6 Å². The molecule has 0 fully saturated rings. The molecule has 10 nitrogen and oxygen atoms in total. The normalized spacial score (nSPS) is 13.6. The Bertz CT molecular complexity index is 1120. The van der Waals surface area contributed by atoms with Gasteiger partial charge in [-0.3, -0.25) is 9.80 Å². The topological polar surface area (TPSA) is 105 Å². The molecule has 0 spiro atoms. The molecule has 1 aromatic carbocycles. The van der Waals surface area contributed by atoms with Crippen LogP contribution in [0, 0.1) is 0 Å². The minimum Gasteiger partial charge on any atom is -0.496 e. The van der Waals surface area contributed by atoms with E-state index in [-0.39, 0.29) is 11.3 Å². The third-order valence-electron chi connectivity index (χ3n) is 5.21. The summed E-state index contributed by atoms with van der Waals surface area (Å²) in [6, 6.07) is 7.60. The molecule has 0 saturated carbocycles. The Kier molecular flexibility index (Phi) is 6.40. The number of imidazole rings is 1. The molecule has 0 saturated heterocycles. The Labute approximate surface area is 190 Å². The second kappa shape index (κ2) is 9.39. The van der Waals surface area contributed by atoms with E-state index in [2.05, 4.69) is 32.0 Å². The first kappa shape index (κ1) is 21.8. The van der Waals surface area contributed by atoms with E-state index >= 15 is 0 Å². The molecule has 3 heterocycles. The maximum Gasteiger partial charge on any atom is 0.330 e. The second-order valence-electron chi connectivity index (χ2n) is 7.40. The van der Waals surface area contributed by atoms with E-state index in [0.29, 0.717) is 55.5 Å². The van der Waals surface area contributed by atoms with Gasteiger partial charge in [-0.1, -0.05) is 31.7 Å². The van der Waals surface area contributed by atoms with Gasteiger partial charge in [-0.05, 0) is 35.7 Å². The SMILES string of the molecule is C=C1c2[nH]c(Cl)nc2N(CCC)C(=O)N1CCCn1nnc(Cc2ccccc2OC)n1. The number of nitrogens with one attached hydrogen (secondary N) is 1. The van der Waals surface area contributed by atoms with E-state index < -0.39 is 0 Å². The first-order chi connectivity index (χ1) is 15.5. The number of para-hydroxylation sites is 1. The minimum absolute atomic E-state index is 0.157. The number of methoxy groups -OCH3 is 1. The van der Waals surface area contributed by atoms with E-state index in [0.717, 1.165) is 17.7 Å². The Morgan fingerprint density at radius 3 is 2.78 bits per heavy atom. The molecule has 32 heavy (non-hydrogen) atoms. The van der Waals surface area contributed by atoms with Gasteiger partial charge in [0.2, 0.25) is 5.28 Å². The zero-order valence-electron chi connectivity index (χ0n) is 18.1. The summed E-state index contributed by atoms with van der Waals surface area (Å²) in [4.78, 5) is 25.1. The van der Waals surface area contributed by atoms with Gasteiger partial charge >= 0.3 is 6.03 Å². The number of H-pyrrole nitrogens is 1. The number of anilines is 1. The van der Waals surface area contributed by atoms with Crippen LogP contribution in [-0.2, 0) is 13.0 Å². The maximum atomic E-state index is 13.0. The molecular weight excluding hydrogens is 432 g/mol.